The van der Waals surface area contributed by atoms with Gasteiger partial charge < -0.3 is 9.53 Å². The van der Waals surface area contributed by atoms with E-state index >= 15 is 0 Å². The summed E-state index contributed by atoms with van der Waals surface area (Å²) in [5.41, 5.74) is -0.202. The van der Waals surface area contributed by atoms with Crippen LogP contribution in [-0.2, 0) is 23.0 Å². The van der Waals surface area contributed by atoms with Gasteiger partial charge in [0.2, 0.25) is 14.7 Å². The molecule has 0 aliphatic carbocycles. The number of nitrogens with one attached hydrogen (secondary N) is 1. The van der Waals surface area contributed by atoms with Crippen molar-refractivity contribution >= 4 is 20.5 Å². The molecule has 0 aromatic carbocycles. The molecule has 2 heterocycles. The molecule has 11 heteroatoms. The van der Waals surface area contributed by atoms with Crippen LogP contribution in [0.2, 0.25) is 0 Å². The van der Waals surface area contributed by atoms with Crippen molar-refractivity contribution in [2.45, 2.75) is 86.2 Å². The second kappa shape index (κ2) is 12.6. The van der Waals surface area contributed by atoms with Crippen molar-refractivity contribution in [2.24, 2.45) is 11.8 Å². The summed E-state index contributed by atoms with van der Waals surface area (Å²) < 4.78 is 35.7. The second-order valence-electron chi connectivity index (χ2n) is 10.4. The fourth-order valence-corrected chi connectivity index (χ4v) is 7.07. The highest BCUT2D eigenvalue weighted by Crippen LogP contribution is 2.64. The Balaban J connectivity index is 0.000000590. The Bertz CT molecular complexity index is 1030. The molecule has 1 aromatic rings. The number of rotatable bonds is 4. The monoisotopic (exact) mass is 522 g/mol. The Kier molecular flexibility index (Phi) is 12.1. The minimum atomic E-state index is -2.76. The summed E-state index contributed by atoms with van der Waals surface area (Å²) in [4.78, 5) is 35.0. The molecule has 1 saturated heterocycles. The molecule has 1 aliphatic heterocycles. The molecule has 0 spiro atoms. The second-order valence-corrected chi connectivity index (χ2v) is 16.6. The van der Waals surface area contributed by atoms with Crippen LogP contribution in [0.25, 0.3) is 0 Å². The van der Waals surface area contributed by atoms with Gasteiger partial charge in [0, 0.05) is 42.8 Å². The van der Waals surface area contributed by atoms with Gasteiger partial charge in [0.25, 0.3) is 5.56 Å². The average molecular weight is 523 g/mol. The van der Waals surface area contributed by atoms with Crippen LogP contribution in [0.5, 0.6) is 0 Å². The van der Waals surface area contributed by atoms with Crippen molar-refractivity contribution in [3.63, 3.8) is 0 Å². The lowest BCUT2D eigenvalue weighted by atomic mass is 9.91. The summed E-state index contributed by atoms with van der Waals surface area (Å²) in [6.45, 7) is 21.0. The number of aryl methyl sites for hydroxylation is 1. The Morgan fingerprint density at radius 3 is 1.91 bits per heavy atom. The lowest BCUT2D eigenvalue weighted by molar-refractivity contribution is -0.115. The Labute approximate surface area is 203 Å². The third-order valence-electron chi connectivity index (χ3n) is 5.57. The third kappa shape index (κ3) is 10.2. The van der Waals surface area contributed by atoms with Gasteiger partial charge in [0.05, 0.1) is 6.10 Å². The van der Waals surface area contributed by atoms with Gasteiger partial charge in [-0.15, -0.1) is 0 Å². The van der Waals surface area contributed by atoms with Crippen LogP contribution in [0.15, 0.2) is 15.8 Å². The van der Waals surface area contributed by atoms with Gasteiger partial charge in [-0.3, -0.25) is 27.8 Å². The van der Waals surface area contributed by atoms with Gasteiger partial charge in [-0.2, -0.15) is 0 Å². The van der Waals surface area contributed by atoms with E-state index in [1.807, 2.05) is 20.8 Å². The lowest BCUT2D eigenvalue weighted by Crippen LogP contribution is -2.35. The first-order valence-corrected chi connectivity index (χ1v) is 16.0. The highest BCUT2D eigenvalue weighted by atomic mass is 31.2. The summed E-state index contributed by atoms with van der Waals surface area (Å²) in [6.07, 6.45) is 2.41. The molecule has 1 aromatic heterocycles. The fourth-order valence-electron chi connectivity index (χ4n) is 3.08. The molecule has 1 aliphatic rings. The summed E-state index contributed by atoms with van der Waals surface area (Å²) in [6, 6.07) is 0. The van der Waals surface area contributed by atoms with Crippen molar-refractivity contribution < 1.29 is 23.0 Å². The predicted octanol–water partition coefficient (Wildman–Crippen LogP) is 5.27. The quantitative estimate of drug-likeness (QED) is 0.534. The first kappa shape index (κ1) is 32.7. The lowest BCUT2D eigenvalue weighted by Gasteiger charge is -2.28. The molecule has 0 radical (unpaired) electrons. The van der Waals surface area contributed by atoms with E-state index in [4.69, 9.17) is 9.05 Å². The van der Waals surface area contributed by atoms with Crippen LogP contribution in [0.1, 0.15) is 73.6 Å². The molecule has 2 rings (SSSR count). The van der Waals surface area contributed by atoms with E-state index < -0.39 is 25.6 Å². The van der Waals surface area contributed by atoms with Gasteiger partial charge in [0.15, 0.2) is 0 Å². The highest BCUT2D eigenvalue weighted by molar-refractivity contribution is 7.71. The number of Topliss-reactive ketones (excluding diaryl/α,β-unsaturated/α-hetero) is 1. The number of aromatic amines is 1. The Hall–Kier alpha value is -1.27. The smallest absolute Gasteiger partial charge is 0.330 e. The SMILES string of the molecule is CC(C)(C)P(C)(=O)OP(C)(C)=O.CC(C)=O.CC[C@@H]1O[C@H](n2cc(C)c(=O)[nH]c2=O)C(C)[C@@H]1C. The van der Waals surface area contributed by atoms with Gasteiger partial charge in [-0.25, -0.2) is 4.79 Å². The van der Waals surface area contributed by atoms with E-state index in [9.17, 15) is 23.5 Å². The van der Waals surface area contributed by atoms with Crippen LogP contribution >= 0.6 is 14.7 Å². The van der Waals surface area contributed by atoms with Gasteiger partial charge in [-0.05, 0) is 33.1 Å². The zero-order valence-corrected chi connectivity index (χ0v) is 24.6. The largest absolute Gasteiger partial charge is 0.354 e. The molecule has 2 unspecified atom stereocenters. The molecular formula is C23H44N2O7P2. The van der Waals surface area contributed by atoms with Crippen LogP contribution < -0.4 is 11.2 Å². The summed E-state index contributed by atoms with van der Waals surface area (Å²) >= 11 is 0. The first-order valence-electron chi connectivity index (χ1n) is 11.4. The molecule has 0 amide bonds. The molecule has 1 fully saturated rings. The maximum Gasteiger partial charge on any atom is 0.330 e. The normalized spacial score (nSPS) is 24.2. The van der Waals surface area contributed by atoms with Crippen molar-refractivity contribution in [1.82, 2.24) is 9.55 Å². The zero-order valence-electron chi connectivity index (χ0n) is 22.8. The van der Waals surface area contributed by atoms with Crippen molar-refractivity contribution in [3.05, 3.63) is 32.6 Å². The molecule has 0 saturated carbocycles. The number of carbonyl (C=O) groups excluding carboxylic acids is 1. The first-order chi connectivity index (χ1) is 15.1. The summed E-state index contributed by atoms with van der Waals surface area (Å²) in [7, 11) is -5.41. The Morgan fingerprint density at radius 1 is 1.12 bits per heavy atom. The number of ether oxygens (including phenoxy) is 1. The number of aromatic nitrogens is 2. The number of hydrogen-bond donors (Lipinski definition) is 1. The van der Waals surface area contributed by atoms with Crippen molar-refractivity contribution in [3.8, 4) is 0 Å². The third-order valence-corrected chi connectivity index (χ3v) is 10.8. The van der Waals surface area contributed by atoms with Gasteiger partial charge in [-0.1, -0.05) is 41.5 Å². The van der Waals surface area contributed by atoms with E-state index in [2.05, 4.69) is 25.8 Å². The highest BCUT2D eigenvalue weighted by Gasteiger charge is 2.39. The van der Waals surface area contributed by atoms with E-state index in [1.165, 1.54) is 38.4 Å². The maximum atomic E-state index is 11.9. The van der Waals surface area contributed by atoms with Crippen LogP contribution in [-0.4, -0.2) is 46.6 Å². The fraction of sp³-hybridized carbons (Fsp3) is 0.783. The number of nitrogens with zero attached hydrogens (tertiary/aromatic N) is 1. The number of H-pyrrole nitrogens is 1. The van der Waals surface area contributed by atoms with E-state index in [0.29, 0.717) is 11.5 Å². The summed E-state index contributed by atoms with van der Waals surface area (Å²) in [5.74, 6) is 0.817. The molecule has 5 atom stereocenters. The van der Waals surface area contributed by atoms with E-state index in [0.717, 1.165) is 6.42 Å². The van der Waals surface area contributed by atoms with Crippen LogP contribution in [0.4, 0.5) is 0 Å². The predicted molar refractivity (Wildman–Crippen MR) is 139 cm³/mol. The van der Waals surface area contributed by atoms with Crippen LogP contribution in [0.3, 0.4) is 0 Å². The molecule has 198 valence electrons. The van der Waals surface area contributed by atoms with Gasteiger partial charge >= 0.3 is 5.69 Å². The minimum Gasteiger partial charge on any atom is -0.354 e. The molecule has 9 nitrogen and oxygen atoms in total. The van der Waals surface area contributed by atoms with Gasteiger partial charge in [0.1, 0.15) is 12.0 Å². The zero-order chi connectivity index (χ0) is 27.2. The molecule has 1 N–H and O–H groups in total. The maximum absolute atomic E-state index is 11.9. The van der Waals surface area contributed by atoms with E-state index in [-0.39, 0.29) is 29.6 Å². The van der Waals surface area contributed by atoms with Crippen LogP contribution in [0, 0.1) is 18.8 Å². The molecular weight excluding hydrogens is 478 g/mol. The molecule has 0 bridgehead atoms. The number of ketones is 1. The van der Waals surface area contributed by atoms with E-state index in [1.54, 1.807) is 13.1 Å². The Morgan fingerprint density at radius 2 is 1.59 bits per heavy atom. The van der Waals surface area contributed by atoms with Crippen molar-refractivity contribution in [1.29, 1.82) is 0 Å². The molecule has 34 heavy (non-hydrogen) atoms. The topological polar surface area (TPSA) is 125 Å². The number of hydrogen-bond acceptors (Lipinski definition) is 7. The number of carbonyl (C=O) groups is 1. The average Bonchev–Trinajstić information content (AvgIpc) is 2.90. The standard InChI is InChI=1S/C13H20N2O3.C7H18O3P2.C3H6O/c1-5-10-8(3)9(4)12(18-10)15-6-7(2)11(16)14-13(15)17;1-7(2,3)12(6,9)10-11(4,5)8;1-3(2)4/h6,8-10,12H,5H2,1-4H3,(H,14,16,17);1-6H3;1-2H3/t8-,9?,10-,12-;;/m0../s1. The minimum absolute atomic E-state index is 0.167. The van der Waals surface area contributed by atoms with Crippen molar-refractivity contribution in [2.75, 3.05) is 20.0 Å². The summed E-state index contributed by atoms with van der Waals surface area (Å²) in [5, 5.41) is -0.436.